The largest absolute Gasteiger partial charge is 0.330 e. The fourth-order valence-corrected chi connectivity index (χ4v) is 0.754. The first kappa shape index (κ1) is 8.16. The number of nitrogens with one attached hydrogen (secondary N) is 2. The molecule has 0 fully saturated rings. The number of aromatic nitrogens is 3. The van der Waals surface area contributed by atoms with E-state index in [1.807, 2.05) is 0 Å². The molecule has 4 N–H and O–H groups in total. The van der Waals surface area contributed by atoms with Crippen LogP contribution >= 0.6 is 0 Å². The van der Waals surface area contributed by atoms with Gasteiger partial charge in [-0.25, -0.2) is 0 Å². The molecule has 1 aromatic heterocycles. The van der Waals surface area contributed by atoms with E-state index in [1.165, 1.54) is 0 Å². The van der Waals surface area contributed by atoms with E-state index < -0.39 is 0 Å². The van der Waals surface area contributed by atoms with Crippen molar-refractivity contribution in [2.24, 2.45) is 5.73 Å². The first-order chi connectivity index (χ1) is 5.43. The molecule has 0 radical (unpaired) electrons. The van der Waals surface area contributed by atoms with Crippen molar-refractivity contribution < 1.29 is 0 Å². The highest BCUT2D eigenvalue weighted by Gasteiger charge is 1.92. The summed E-state index contributed by atoms with van der Waals surface area (Å²) in [6, 6.07) is 0. The van der Waals surface area contributed by atoms with E-state index in [0.717, 1.165) is 31.7 Å². The minimum atomic E-state index is 0.728. The van der Waals surface area contributed by atoms with Gasteiger partial charge in [-0.3, -0.25) is 0 Å². The molecule has 0 aliphatic heterocycles. The average Bonchev–Trinajstić information content (AvgIpc) is 2.50. The monoisotopic (exact) mass is 155 g/mol. The molecule has 1 heterocycles. The maximum Gasteiger partial charge on any atom is 0.0962 e. The summed E-state index contributed by atoms with van der Waals surface area (Å²) in [7, 11) is 0. The molecule has 0 atom stereocenters. The summed E-state index contributed by atoms with van der Waals surface area (Å²) in [6.45, 7) is 2.42. The van der Waals surface area contributed by atoms with Crippen LogP contribution in [0.15, 0.2) is 6.20 Å². The number of hydrogen-bond donors (Lipinski definition) is 3. The van der Waals surface area contributed by atoms with Gasteiger partial charge in [0.2, 0.25) is 0 Å². The highest BCUT2D eigenvalue weighted by atomic mass is 15.3. The Kier molecular flexibility index (Phi) is 3.57. The third kappa shape index (κ3) is 3.10. The van der Waals surface area contributed by atoms with Gasteiger partial charge in [-0.2, -0.15) is 15.4 Å². The van der Waals surface area contributed by atoms with E-state index in [-0.39, 0.29) is 0 Å². The predicted molar refractivity (Wildman–Crippen MR) is 41.8 cm³/mol. The van der Waals surface area contributed by atoms with Crippen molar-refractivity contribution in [3.8, 4) is 0 Å². The standard InChI is InChI=1S/C6H13N5/c7-2-1-3-8-4-6-5-9-11-10-6/h5,8H,1-4,7H2,(H,9,10,11). The molecule has 0 amide bonds. The Balaban J connectivity index is 2.04. The maximum atomic E-state index is 5.31. The summed E-state index contributed by atoms with van der Waals surface area (Å²) in [6.07, 6.45) is 2.70. The predicted octanol–water partition coefficient (Wildman–Crippen LogP) is -0.757. The van der Waals surface area contributed by atoms with Crippen LogP contribution in [0.2, 0.25) is 0 Å². The topological polar surface area (TPSA) is 79.6 Å². The minimum absolute atomic E-state index is 0.728. The second-order valence-corrected chi connectivity index (χ2v) is 2.28. The maximum absolute atomic E-state index is 5.31. The molecule has 0 aliphatic carbocycles. The number of hydrogen-bond acceptors (Lipinski definition) is 4. The Labute approximate surface area is 65.4 Å². The van der Waals surface area contributed by atoms with Crippen LogP contribution in [-0.2, 0) is 6.54 Å². The van der Waals surface area contributed by atoms with Crippen LogP contribution in [-0.4, -0.2) is 28.5 Å². The first-order valence-corrected chi connectivity index (χ1v) is 3.69. The fourth-order valence-electron chi connectivity index (χ4n) is 0.754. The second kappa shape index (κ2) is 4.81. The quantitative estimate of drug-likeness (QED) is 0.488. The molecule has 5 nitrogen and oxygen atoms in total. The summed E-state index contributed by atoms with van der Waals surface area (Å²) >= 11 is 0. The summed E-state index contributed by atoms with van der Waals surface area (Å²) in [5.41, 5.74) is 6.25. The molecule has 0 spiro atoms. The number of nitrogens with zero attached hydrogens (tertiary/aromatic N) is 2. The zero-order valence-corrected chi connectivity index (χ0v) is 6.38. The number of aromatic amines is 1. The highest BCUT2D eigenvalue weighted by Crippen LogP contribution is 1.85. The Morgan fingerprint density at radius 2 is 2.55 bits per heavy atom. The Morgan fingerprint density at radius 1 is 1.64 bits per heavy atom. The molecular weight excluding hydrogens is 142 g/mol. The molecule has 62 valence electrons. The zero-order chi connectivity index (χ0) is 7.94. The summed E-state index contributed by atoms with van der Waals surface area (Å²) in [4.78, 5) is 0. The van der Waals surface area contributed by atoms with Gasteiger partial charge < -0.3 is 11.1 Å². The molecule has 0 aliphatic rings. The van der Waals surface area contributed by atoms with E-state index >= 15 is 0 Å². The Morgan fingerprint density at radius 3 is 3.18 bits per heavy atom. The second-order valence-electron chi connectivity index (χ2n) is 2.28. The molecule has 0 saturated carbocycles. The lowest BCUT2D eigenvalue weighted by Crippen LogP contribution is -2.17. The van der Waals surface area contributed by atoms with Gasteiger partial charge in [-0.15, -0.1) is 0 Å². The molecule has 0 aromatic carbocycles. The van der Waals surface area contributed by atoms with Crippen molar-refractivity contribution in [1.29, 1.82) is 0 Å². The van der Waals surface area contributed by atoms with Crippen molar-refractivity contribution in [2.45, 2.75) is 13.0 Å². The van der Waals surface area contributed by atoms with Gasteiger partial charge in [-0.1, -0.05) is 0 Å². The van der Waals surface area contributed by atoms with Crippen LogP contribution in [0, 0.1) is 0 Å². The van der Waals surface area contributed by atoms with Crippen LogP contribution in [0.3, 0.4) is 0 Å². The number of rotatable bonds is 5. The smallest absolute Gasteiger partial charge is 0.0962 e. The molecule has 0 bridgehead atoms. The summed E-state index contributed by atoms with van der Waals surface area (Å²) in [5, 5.41) is 13.3. The summed E-state index contributed by atoms with van der Waals surface area (Å²) < 4.78 is 0. The van der Waals surface area contributed by atoms with Crippen molar-refractivity contribution in [3.05, 3.63) is 11.9 Å². The lowest BCUT2D eigenvalue weighted by molar-refractivity contribution is 0.645. The summed E-state index contributed by atoms with van der Waals surface area (Å²) in [5.74, 6) is 0. The molecule has 5 heteroatoms. The third-order valence-electron chi connectivity index (χ3n) is 1.33. The van der Waals surface area contributed by atoms with Crippen LogP contribution in [0.25, 0.3) is 0 Å². The fraction of sp³-hybridized carbons (Fsp3) is 0.667. The first-order valence-electron chi connectivity index (χ1n) is 3.69. The normalized spacial score (nSPS) is 10.3. The number of nitrogens with two attached hydrogens (primary N) is 1. The SMILES string of the molecule is NCCCNCc1cn[nH]n1. The van der Waals surface area contributed by atoms with E-state index in [4.69, 9.17) is 5.73 Å². The van der Waals surface area contributed by atoms with Gasteiger partial charge in [0.25, 0.3) is 0 Å². The van der Waals surface area contributed by atoms with Crippen LogP contribution < -0.4 is 11.1 Å². The zero-order valence-electron chi connectivity index (χ0n) is 6.38. The van der Waals surface area contributed by atoms with Crippen molar-refractivity contribution in [3.63, 3.8) is 0 Å². The molecule has 11 heavy (non-hydrogen) atoms. The van der Waals surface area contributed by atoms with Crippen LogP contribution in [0.5, 0.6) is 0 Å². The van der Waals surface area contributed by atoms with Crippen LogP contribution in [0.1, 0.15) is 12.1 Å². The van der Waals surface area contributed by atoms with Gasteiger partial charge in [0.1, 0.15) is 0 Å². The lowest BCUT2D eigenvalue weighted by atomic mass is 10.4. The third-order valence-corrected chi connectivity index (χ3v) is 1.33. The van der Waals surface area contributed by atoms with Gasteiger partial charge in [-0.05, 0) is 19.5 Å². The molecule has 0 saturated heterocycles. The Hall–Kier alpha value is -0.940. The average molecular weight is 155 g/mol. The molecule has 1 aromatic rings. The van der Waals surface area contributed by atoms with E-state index in [1.54, 1.807) is 6.20 Å². The van der Waals surface area contributed by atoms with E-state index in [0.29, 0.717) is 0 Å². The van der Waals surface area contributed by atoms with Crippen molar-refractivity contribution in [1.82, 2.24) is 20.7 Å². The van der Waals surface area contributed by atoms with Gasteiger partial charge in [0.15, 0.2) is 0 Å². The van der Waals surface area contributed by atoms with Gasteiger partial charge >= 0.3 is 0 Å². The van der Waals surface area contributed by atoms with E-state index in [9.17, 15) is 0 Å². The van der Waals surface area contributed by atoms with Gasteiger partial charge in [0.05, 0.1) is 11.9 Å². The molecule has 0 unspecified atom stereocenters. The van der Waals surface area contributed by atoms with Crippen LogP contribution in [0.4, 0.5) is 0 Å². The Bertz CT molecular complexity index is 171. The van der Waals surface area contributed by atoms with Crippen molar-refractivity contribution >= 4 is 0 Å². The van der Waals surface area contributed by atoms with E-state index in [2.05, 4.69) is 20.7 Å². The van der Waals surface area contributed by atoms with Gasteiger partial charge in [0, 0.05) is 6.54 Å². The highest BCUT2D eigenvalue weighted by molar-refractivity contribution is 4.88. The number of H-pyrrole nitrogens is 1. The molecule has 1 rings (SSSR count). The molecular formula is C6H13N5. The lowest BCUT2D eigenvalue weighted by Gasteiger charge is -1.98. The van der Waals surface area contributed by atoms with Crippen molar-refractivity contribution in [2.75, 3.05) is 13.1 Å². The minimum Gasteiger partial charge on any atom is -0.330 e.